The van der Waals surface area contributed by atoms with E-state index >= 15 is 0 Å². The zero-order valence-corrected chi connectivity index (χ0v) is 14.2. The fourth-order valence-electron chi connectivity index (χ4n) is 3.57. The van der Waals surface area contributed by atoms with Gasteiger partial charge in [0, 0.05) is 13.1 Å². The van der Waals surface area contributed by atoms with E-state index in [9.17, 15) is 4.79 Å². The van der Waals surface area contributed by atoms with Gasteiger partial charge in [0.1, 0.15) is 5.60 Å². The predicted octanol–water partition coefficient (Wildman–Crippen LogP) is 4.63. The zero-order valence-electron chi connectivity index (χ0n) is 14.2. The van der Waals surface area contributed by atoms with E-state index in [1.165, 1.54) is 24.8 Å². The van der Waals surface area contributed by atoms with Crippen LogP contribution >= 0.6 is 0 Å². The smallest absolute Gasteiger partial charge is 0.410 e. The van der Waals surface area contributed by atoms with Crippen LogP contribution in [0, 0.1) is 17.8 Å². The number of likely N-dealkylation sites (tertiary alicyclic amines) is 1. The number of hydrogen-bond donors (Lipinski definition) is 0. The van der Waals surface area contributed by atoms with E-state index < -0.39 is 5.60 Å². The summed E-state index contributed by atoms with van der Waals surface area (Å²) in [6.45, 7) is 13.9. The molecular weight excluding hydrogens is 262 g/mol. The molecule has 2 fully saturated rings. The molecule has 0 bridgehead atoms. The van der Waals surface area contributed by atoms with Gasteiger partial charge in [-0.25, -0.2) is 4.79 Å². The quantitative estimate of drug-likeness (QED) is 0.695. The zero-order chi connectivity index (χ0) is 15.6. The summed E-state index contributed by atoms with van der Waals surface area (Å²) in [4.78, 5) is 14.0. The molecule has 3 nitrogen and oxygen atoms in total. The Bertz CT molecular complexity index is 391. The normalized spacial score (nSPS) is 30.6. The second-order valence-electron chi connectivity index (χ2n) is 8.04. The lowest BCUT2D eigenvalue weighted by atomic mass is 9.70. The minimum absolute atomic E-state index is 0.173. The van der Waals surface area contributed by atoms with Crippen molar-refractivity contribution in [2.45, 2.75) is 65.4 Å². The van der Waals surface area contributed by atoms with E-state index in [0.29, 0.717) is 5.92 Å². The van der Waals surface area contributed by atoms with Crippen LogP contribution in [-0.2, 0) is 4.74 Å². The van der Waals surface area contributed by atoms with Gasteiger partial charge in [0.25, 0.3) is 0 Å². The van der Waals surface area contributed by atoms with Crippen LogP contribution in [-0.4, -0.2) is 29.7 Å². The van der Waals surface area contributed by atoms with Crippen LogP contribution in [0.15, 0.2) is 12.2 Å². The Morgan fingerprint density at radius 2 is 2.00 bits per heavy atom. The van der Waals surface area contributed by atoms with Gasteiger partial charge in [0.2, 0.25) is 0 Å². The summed E-state index contributed by atoms with van der Waals surface area (Å²) in [5.74, 6) is 2.39. The van der Waals surface area contributed by atoms with Gasteiger partial charge in [-0.05, 0) is 70.6 Å². The molecule has 1 aliphatic heterocycles. The van der Waals surface area contributed by atoms with E-state index in [-0.39, 0.29) is 6.09 Å². The Morgan fingerprint density at radius 1 is 1.33 bits per heavy atom. The first kappa shape index (κ1) is 16.4. The van der Waals surface area contributed by atoms with E-state index in [2.05, 4.69) is 13.5 Å². The molecule has 2 aliphatic rings. The van der Waals surface area contributed by atoms with E-state index in [0.717, 1.165) is 37.8 Å². The van der Waals surface area contributed by atoms with E-state index in [1.54, 1.807) is 0 Å². The molecule has 120 valence electrons. The van der Waals surface area contributed by atoms with Crippen LogP contribution < -0.4 is 0 Å². The molecule has 3 heteroatoms. The Hall–Kier alpha value is -0.990. The molecule has 0 aromatic carbocycles. The lowest BCUT2D eigenvalue weighted by molar-refractivity contribution is 0.0254. The van der Waals surface area contributed by atoms with Gasteiger partial charge in [-0.15, -0.1) is 0 Å². The summed E-state index contributed by atoms with van der Waals surface area (Å²) < 4.78 is 5.49. The largest absolute Gasteiger partial charge is 0.444 e. The maximum atomic E-state index is 12.2. The van der Waals surface area contributed by atoms with Gasteiger partial charge in [-0.1, -0.05) is 19.1 Å². The fourth-order valence-corrected chi connectivity index (χ4v) is 3.57. The standard InChI is InChI=1S/C18H31NO2/c1-13-10-15(11-13)12-16-7-9-19(8-6-14(16)2)17(20)21-18(3,4)5/h13,15-16H,2,6-12H2,1,3-5H3. The number of carbonyl (C=O) groups excluding carboxylic acids is 1. The monoisotopic (exact) mass is 293 g/mol. The van der Waals surface area contributed by atoms with Crippen molar-refractivity contribution < 1.29 is 9.53 Å². The van der Waals surface area contributed by atoms with Gasteiger partial charge in [-0.3, -0.25) is 0 Å². The Kier molecular flexibility index (Phi) is 5.00. The molecule has 2 rings (SSSR count). The Morgan fingerprint density at radius 3 is 2.57 bits per heavy atom. The number of carbonyl (C=O) groups is 1. The summed E-state index contributed by atoms with van der Waals surface area (Å²) in [6.07, 6.45) is 5.81. The second kappa shape index (κ2) is 6.41. The van der Waals surface area contributed by atoms with Crippen LogP contribution in [0.2, 0.25) is 0 Å². The molecule has 0 radical (unpaired) electrons. The van der Waals surface area contributed by atoms with Crippen LogP contribution in [0.4, 0.5) is 4.79 Å². The molecule has 1 atom stereocenters. The molecule has 1 heterocycles. The number of ether oxygens (including phenoxy) is 1. The average molecular weight is 293 g/mol. The van der Waals surface area contributed by atoms with Crippen molar-refractivity contribution >= 4 is 6.09 Å². The Balaban J connectivity index is 1.85. The molecule has 0 spiro atoms. The fraction of sp³-hybridized carbons (Fsp3) is 0.833. The molecule has 0 aromatic rings. The van der Waals surface area contributed by atoms with Crippen molar-refractivity contribution in [3.8, 4) is 0 Å². The summed E-state index contributed by atoms with van der Waals surface area (Å²) in [5, 5.41) is 0. The van der Waals surface area contributed by atoms with Gasteiger partial charge in [-0.2, -0.15) is 0 Å². The molecule has 1 aliphatic carbocycles. The first-order chi connectivity index (χ1) is 9.74. The molecular formula is C18H31NO2. The molecule has 1 amide bonds. The summed E-state index contributed by atoms with van der Waals surface area (Å²) in [6, 6.07) is 0. The van der Waals surface area contributed by atoms with Crippen LogP contribution in [0.5, 0.6) is 0 Å². The highest BCUT2D eigenvalue weighted by molar-refractivity contribution is 5.68. The van der Waals surface area contributed by atoms with E-state index in [1.807, 2.05) is 25.7 Å². The number of rotatable bonds is 2. The topological polar surface area (TPSA) is 29.5 Å². The highest BCUT2D eigenvalue weighted by Gasteiger charge is 2.31. The van der Waals surface area contributed by atoms with Crippen LogP contribution in [0.3, 0.4) is 0 Å². The first-order valence-electron chi connectivity index (χ1n) is 8.40. The predicted molar refractivity (Wildman–Crippen MR) is 86.2 cm³/mol. The van der Waals surface area contributed by atoms with Gasteiger partial charge >= 0.3 is 6.09 Å². The lowest BCUT2D eigenvalue weighted by Crippen LogP contribution is -2.37. The summed E-state index contributed by atoms with van der Waals surface area (Å²) in [7, 11) is 0. The molecule has 1 saturated carbocycles. The first-order valence-corrected chi connectivity index (χ1v) is 8.40. The molecule has 1 saturated heterocycles. The summed E-state index contributed by atoms with van der Waals surface area (Å²) >= 11 is 0. The third-order valence-corrected chi connectivity index (χ3v) is 4.77. The van der Waals surface area contributed by atoms with Crippen molar-refractivity contribution in [3.05, 3.63) is 12.2 Å². The highest BCUT2D eigenvalue weighted by Crippen LogP contribution is 2.40. The third-order valence-electron chi connectivity index (χ3n) is 4.77. The van der Waals surface area contributed by atoms with Crippen molar-refractivity contribution in [2.75, 3.05) is 13.1 Å². The minimum Gasteiger partial charge on any atom is -0.444 e. The van der Waals surface area contributed by atoms with Crippen LogP contribution in [0.25, 0.3) is 0 Å². The van der Waals surface area contributed by atoms with Crippen molar-refractivity contribution in [3.63, 3.8) is 0 Å². The molecule has 0 N–H and O–H groups in total. The van der Waals surface area contributed by atoms with Gasteiger partial charge < -0.3 is 9.64 Å². The maximum Gasteiger partial charge on any atom is 0.410 e. The maximum absolute atomic E-state index is 12.2. The minimum atomic E-state index is -0.415. The average Bonchev–Trinajstić information content (AvgIpc) is 2.48. The number of hydrogen-bond acceptors (Lipinski definition) is 2. The summed E-state index contributed by atoms with van der Waals surface area (Å²) in [5.41, 5.74) is 0.919. The van der Waals surface area contributed by atoms with Crippen molar-refractivity contribution in [1.29, 1.82) is 0 Å². The molecule has 1 unspecified atom stereocenters. The Labute approximate surface area is 129 Å². The van der Waals surface area contributed by atoms with E-state index in [4.69, 9.17) is 4.74 Å². The number of nitrogens with zero attached hydrogens (tertiary/aromatic N) is 1. The molecule has 0 aromatic heterocycles. The lowest BCUT2D eigenvalue weighted by Gasteiger charge is -2.35. The van der Waals surface area contributed by atoms with Crippen LogP contribution in [0.1, 0.15) is 59.8 Å². The second-order valence-corrected chi connectivity index (χ2v) is 8.04. The third kappa shape index (κ3) is 4.76. The van der Waals surface area contributed by atoms with Gasteiger partial charge in [0.05, 0.1) is 0 Å². The van der Waals surface area contributed by atoms with Crippen molar-refractivity contribution in [1.82, 2.24) is 4.90 Å². The SMILES string of the molecule is C=C1CCN(C(=O)OC(C)(C)C)CCC1CC1CC(C)C1. The highest BCUT2D eigenvalue weighted by atomic mass is 16.6. The molecule has 21 heavy (non-hydrogen) atoms. The number of amides is 1. The van der Waals surface area contributed by atoms with Crippen molar-refractivity contribution in [2.24, 2.45) is 17.8 Å². The van der Waals surface area contributed by atoms with Gasteiger partial charge in [0.15, 0.2) is 0 Å².